The number of carbonyl (C=O) groups is 1. The Balaban J connectivity index is 1.91. The zero-order valence-electron chi connectivity index (χ0n) is 11.3. The summed E-state index contributed by atoms with van der Waals surface area (Å²) < 4.78 is 43.5. The Bertz CT molecular complexity index is 479. The van der Waals surface area contributed by atoms with Crippen molar-refractivity contribution in [2.24, 2.45) is 11.7 Å². The predicted molar refractivity (Wildman–Crippen MR) is 70.3 cm³/mol. The quantitative estimate of drug-likeness (QED) is 0.913. The first-order valence-electron chi connectivity index (χ1n) is 6.66. The fraction of sp³-hybridized carbons (Fsp3) is 0.500. The second-order valence-electron chi connectivity index (χ2n) is 5.09. The maximum atomic E-state index is 12.8. The van der Waals surface area contributed by atoms with Gasteiger partial charge in [0.2, 0.25) is 0 Å². The van der Waals surface area contributed by atoms with Crippen LogP contribution in [0.25, 0.3) is 0 Å². The average molecular weight is 302 g/mol. The smallest absolute Gasteiger partial charge is 0.410 e. The molecule has 0 aromatic heterocycles. The van der Waals surface area contributed by atoms with E-state index in [4.69, 9.17) is 10.5 Å². The molecule has 0 spiro atoms. The Morgan fingerprint density at radius 3 is 2.62 bits per heavy atom. The highest BCUT2D eigenvalue weighted by atomic mass is 19.4. The van der Waals surface area contributed by atoms with E-state index in [9.17, 15) is 18.0 Å². The first-order chi connectivity index (χ1) is 9.88. The first-order valence-corrected chi connectivity index (χ1v) is 6.66. The van der Waals surface area contributed by atoms with Gasteiger partial charge in [-0.15, -0.1) is 0 Å². The van der Waals surface area contributed by atoms with Gasteiger partial charge in [-0.1, -0.05) is 30.3 Å². The maximum Gasteiger partial charge on any atom is 0.410 e. The molecule has 2 rings (SSSR count). The van der Waals surface area contributed by atoms with Gasteiger partial charge in [-0.25, -0.2) is 4.79 Å². The lowest BCUT2D eigenvalue weighted by molar-refractivity contribution is -0.189. The van der Waals surface area contributed by atoms with Gasteiger partial charge in [0.15, 0.2) is 0 Å². The van der Waals surface area contributed by atoms with Crippen LogP contribution in [0.1, 0.15) is 12.0 Å². The van der Waals surface area contributed by atoms with Crippen LogP contribution in [-0.2, 0) is 11.3 Å². The van der Waals surface area contributed by atoms with Gasteiger partial charge in [-0.05, 0) is 12.0 Å². The summed E-state index contributed by atoms with van der Waals surface area (Å²) in [7, 11) is 0. The van der Waals surface area contributed by atoms with E-state index in [1.54, 1.807) is 24.3 Å². The van der Waals surface area contributed by atoms with Gasteiger partial charge in [0, 0.05) is 19.1 Å². The Hall–Kier alpha value is -1.76. The maximum absolute atomic E-state index is 12.8. The molecule has 1 aliphatic heterocycles. The number of likely N-dealkylation sites (tertiary alicyclic amines) is 1. The molecule has 1 amide bonds. The predicted octanol–water partition coefficient (Wildman–Crippen LogP) is 2.53. The molecule has 7 heteroatoms. The Morgan fingerprint density at radius 2 is 2.00 bits per heavy atom. The van der Waals surface area contributed by atoms with Crippen molar-refractivity contribution in [1.82, 2.24) is 4.90 Å². The van der Waals surface area contributed by atoms with Crippen LogP contribution in [-0.4, -0.2) is 36.3 Å². The normalized spacial score (nSPS) is 23.0. The molecule has 4 nitrogen and oxygen atoms in total. The molecule has 1 fully saturated rings. The second-order valence-corrected chi connectivity index (χ2v) is 5.09. The Morgan fingerprint density at radius 1 is 1.33 bits per heavy atom. The van der Waals surface area contributed by atoms with E-state index in [0.29, 0.717) is 0 Å². The molecule has 2 N–H and O–H groups in total. The molecule has 2 unspecified atom stereocenters. The van der Waals surface area contributed by atoms with Gasteiger partial charge < -0.3 is 15.4 Å². The molecule has 116 valence electrons. The summed E-state index contributed by atoms with van der Waals surface area (Å²) in [5, 5.41) is 0. The number of alkyl halides is 3. The molecule has 1 heterocycles. The van der Waals surface area contributed by atoms with Crippen LogP contribution in [0.15, 0.2) is 30.3 Å². The number of carbonyl (C=O) groups excluding carboxylic acids is 1. The molecule has 1 saturated heterocycles. The van der Waals surface area contributed by atoms with Crippen LogP contribution in [0.4, 0.5) is 18.0 Å². The summed E-state index contributed by atoms with van der Waals surface area (Å²) in [6.45, 7) is -0.224. The minimum Gasteiger partial charge on any atom is -0.445 e. The molecule has 1 aliphatic rings. The number of nitrogens with zero attached hydrogens (tertiary/aromatic N) is 1. The van der Waals surface area contributed by atoms with Crippen molar-refractivity contribution in [3.8, 4) is 0 Å². The molecule has 2 atom stereocenters. The highest BCUT2D eigenvalue weighted by Gasteiger charge is 2.47. The van der Waals surface area contributed by atoms with Crippen molar-refractivity contribution in [1.29, 1.82) is 0 Å². The van der Waals surface area contributed by atoms with Crippen molar-refractivity contribution in [2.75, 3.05) is 13.1 Å². The molecule has 0 bridgehead atoms. The number of benzene rings is 1. The average Bonchev–Trinajstić information content (AvgIpc) is 2.45. The lowest BCUT2D eigenvalue weighted by Crippen LogP contribution is -2.54. The molecular formula is C14H17F3N2O2. The number of nitrogens with two attached hydrogens (primary N) is 1. The minimum atomic E-state index is -4.40. The van der Waals surface area contributed by atoms with Gasteiger partial charge >= 0.3 is 12.3 Å². The van der Waals surface area contributed by atoms with Gasteiger partial charge in [0.05, 0.1) is 5.92 Å². The fourth-order valence-electron chi connectivity index (χ4n) is 2.29. The number of halogens is 3. The fourth-order valence-corrected chi connectivity index (χ4v) is 2.29. The summed E-state index contributed by atoms with van der Waals surface area (Å²) in [4.78, 5) is 12.9. The molecule has 21 heavy (non-hydrogen) atoms. The summed E-state index contributed by atoms with van der Waals surface area (Å²) in [5.41, 5.74) is 6.28. The minimum absolute atomic E-state index is 0.0406. The third-order valence-corrected chi connectivity index (χ3v) is 3.55. The second kappa shape index (κ2) is 6.34. The number of rotatable bonds is 2. The zero-order valence-corrected chi connectivity index (χ0v) is 11.3. The number of amides is 1. The van der Waals surface area contributed by atoms with Crippen LogP contribution in [0, 0.1) is 5.92 Å². The molecule has 1 aromatic carbocycles. The van der Waals surface area contributed by atoms with E-state index in [0.717, 1.165) is 10.5 Å². The van der Waals surface area contributed by atoms with Gasteiger partial charge in [-0.2, -0.15) is 13.2 Å². The lowest BCUT2D eigenvalue weighted by Gasteiger charge is -2.37. The first kappa shape index (κ1) is 15.6. The highest BCUT2D eigenvalue weighted by molar-refractivity contribution is 5.67. The van der Waals surface area contributed by atoms with Gasteiger partial charge in [0.1, 0.15) is 6.61 Å². The van der Waals surface area contributed by atoms with Crippen LogP contribution in [0.2, 0.25) is 0 Å². The van der Waals surface area contributed by atoms with Crippen LogP contribution in [0.3, 0.4) is 0 Å². The third-order valence-electron chi connectivity index (χ3n) is 3.55. The number of piperidine rings is 1. The van der Waals surface area contributed by atoms with E-state index in [-0.39, 0.29) is 19.6 Å². The van der Waals surface area contributed by atoms with Gasteiger partial charge in [0.25, 0.3) is 0 Å². The summed E-state index contributed by atoms with van der Waals surface area (Å²) >= 11 is 0. The van der Waals surface area contributed by atoms with Crippen molar-refractivity contribution < 1.29 is 22.7 Å². The molecule has 0 radical (unpaired) electrons. The van der Waals surface area contributed by atoms with Crippen LogP contribution < -0.4 is 5.73 Å². The van der Waals surface area contributed by atoms with E-state index >= 15 is 0 Å². The van der Waals surface area contributed by atoms with Gasteiger partial charge in [-0.3, -0.25) is 0 Å². The van der Waals surface area contributed by atoms with Crippen molar-refractivity contribution in [3.05, 3.63) is 35.9 Å². The molecule has 0 saturated carbocycles. The number of hydrogen-bond donors (Lipinski definition) is 1. The number of hydrogen-bond acceptors (Lipinski definition) is 3. The SMILES string of the molecule is NC1CCN(C(=O)OCc2ccccc2)CC1C(F)(F)F. The molecular weight excluding hydrogens is 285 g/mol. The largest absolute Gasteiger partial charge is 0.445 e. The number of ether oxygens (including phenoxy) is 1. The highest BCUT2D eigenvalue weighted by Crippen LogP contribution is 2.32. The van der Waals surface area contributed by atoms with E-state index < -0.39 is 30.8 Å². The standard InChI is InChI=1S/C14H17F3N2O2/c15-14(16,17)11-8-19(7-6-12(11)18)13(20)21-9-10-4-2-1-3-5-10/h1-5,11-12H,6-9,18H2. The van der Waals surface area contributed by atoms with E-state index in [1.807, 2.05) is 6.07 Å². The molecule has 1 aromatic rings. The topological polar surface area (TPSA) is 55.6 Å². The summed E-state index contributed by atoms with van der Waals surface area (Å²) in [5.74, 6) is -1.70. The van der Waals surface area contributed by atoms with E-state index in [1.165, 1.54) is 0 Å². The summed E-state index contributed by atoms with van der Waals surface area (Å²) in [6.07, 6.45) is -5.03. The zero-order chi connectivity index (χ0) is 15.5. The summed E-state index contributed by atoms with van der Waals surface area (Å²) in [6, 6.07) is 8.00. The van der Waals surface area contributed by atoms with Crippen molar-refractivity contribution in [2.45, 2.75) is 25.2 Å². The third kappa shape index (κ3) is 4.10. The Kier molecular flexibility index (Phi) is 4.72. The molecule has 0 aliphatic carbocycles. The lowest BCUT2D eigenvalue weighted by atomic mass is 9.92. The van der Waals surface area contributed by atoms with Crippen molar-refractivity contribution in [3.63, 3.8) is 0 Å². The monoisotopic (exact) mass is 302 g/mol. The van der Waals surface area contributed by atoms with Crippen LogP contribution in [0.5, 0.6) is 0 Å². The van der Waals surface area contributed by atoms with Crippen molar-refractivity contribution >= 4 is 6.09 Å². The Labute approximate surface area is 120 Å². The van der Waals surface area contributed by atoms with Crippen LogP contribution >= 0.6 is 0 Å². The van der Waals surface area contributed by atoms with E-state index in [2.05, 4.69) is 0 Å².